The van der Waals surface area contributed by atoms with Gasteiger partial charge in [0.15, 0.2) is 5.82 Å². The predicted molar refractivity (Wildman–Crippen MR) is 77.3 cm³/mol. The zero-order chi connectivity index (χ0) is 12.4. The molecule has 3 rings (SSSR count). The van der Waals surface area contributed by atoms with Gasteiger partial charge in [-0.1, -0.05) is 30.3 Å². The molecule has 88 valence electrons. The zero-order valence-electron chi connectivity index (χ0n) is 9.36. The van der Waals surface area contributed by atoms with E-state index in [0.717, 1.165) is 20.5 Å². The molecule has 0 radical (unpaired) electrons. The molecule has 2 aromatic heterocycles. The SMILES string of the molecule is Ic1cncnc1-n1cc(-c2ccccc2)cn1. The van der Waals surface area contributed by atoms with Gasteiger partial charge >= 0.3 is 0 Å². The number of benzene rings is 1. The van der Waals surface area contributed by atoms with Crippen LogP contribution in [0.2, 0.25) is 0 Å². The quantitative estimate of drug-likeness (QED) is 0.669. The summed E-state index contributed by atoms with van der Waals surface area (Å²) in [7, 11) is 0. The largest absolute Gasteiger partial charge is 0.244 e. The van der Waals surface area contributed by atoms with Gasteiger partial charge in [0.25, 0.3) is 0 Å². The molecule has 0 N–H and O–H groups in total. The van der Waals surface area contributed by atoms with E-state index in [0.29, 0.717) is 0 Å². The van der Waals surface area contributed by atoms with Crippen LogP contribution >= 0.6 is 22.6 Å². The molecule has 0 atom stereocenters. The van der Waals surface area contributed by atoms with Gasteiger partial charge in [0, 0.05) is 18.0 Å². The first-order valence-electron chi connectivity index (χ1n) is 5.40. The Labute approximate surface area is 118 Å². The van der Waals surface area contributed by atoms with Gasteiger partial charge in [-0.15, -0.1) is 0 Å². The fourth-order valence-corrected chi connectivity index (χ4v) is 2.24. The molecular weight excluding hydrogens is 339 g/mol. The Morgan fingerprint density at radius 1 is 1.00 bits per heavy atom. The second-order valence-corrected chi connectivity index (χ2v) is 4.90. The van der Waals surface area contributed by atoms with E-state index >= 15 is 0 Å². The molecule has 3 aromatic rings. The van der Waals surface area contributed by atoms with Crippen molar-refractivity contribution < 1.29 is 0 Å². The summed E-state index contributed by atoms with van der Waals surface area (Å²) in [5.41, 5.74) is 2.22. The van der Waals surface area contributed by atoms with E-state index in [9.17, 15) is 0 Å². The summed E-state index contributed by atoms with van der Waals surface area (Å²) in [5.74, 6) is 0.799. The van der Waals surface area contributed by atoms with E-state index in [1.54, 1.807) is 10.9 Å². The second-order valence-electron chi connectivity index (χ2n) is 3.73. The number of hydrogen-bond donors (Lipinski definition) is 0. The smallest absolute Gasteiger partial charge is 0.169 e. The number of aromatic nitrogens is 4. The van der Waals surface area contributed by atoms with Gasteiger partial charge in [0.05, 0.1) is 9.77 Å². The van der Waals surface area contributed by atoms with E-state index in [1.165, 1.54) is 6.33 Å². The number of nitrogens with zero attached hydrogens (tertiary/aromatic N) is 4. The van der Waals surface area contributed by atoms with Crippen LogP contribution < -0.4 is 0 Å². The minimum absolute atomic E-state index is 0.799. The van der Waals surface area contributed by atoms with Crippen molar-refractivity contribution in [3.8, 4) is 16.9 Å². The maximum atomic E-state index is 4.35. The minimum atomic E-state index is 0.799. The van der Waals surface area contributed by atoms with Crippen LogP contribution in [0.1, 0.15) is 0 Å². The zero-order valence-corrected chi connectivity index (χ0v) is 11.5. The van der Waals surface area contributed by atoms with Crippen molar-refractivity contribution in [1.82, 2.24) is 19.7 Å². The third-order valence-corrected chi connectivity index (χ3v) is 3.32. The summed E-state index contributed by atoms with van der Waals surface area (Å²) in [6.45, 7) is 0. The molecule has 0 aliphatic carbocycles. The molecule has 0 fully saturated rings. The lowest BCUT2D eigenvalue weighted by atomic mass is 10.1. The average Bonchev–Trinajstić information content (AvgIpc) is 2.90. The van der Waals surface area contributed by atoms with Crippen molar-refractivity contribution in [3.05, 3.63) is 58.8 Å². The van der Waals surface area contributed by atoms with Crippen LogP contribution in [-0.2, 0) is 0 Å². The molecule has 0 aliphatic rings. The fraction of sp³-hybridized carbons (Fsp3) is 0. The summed E-state index contributed by atoms with van der Waals surface area (Å²) in [4.78, 5) is 8.21. The molecule has 0 saturated heterocycles. The normalized spacial score (nSPS) is 10.5. The number of hydrogen-bond acceptors (Lipinski definition) is 3. The van der Waals surface area contributed by atoms with Gasteiger partial charge in [-0.2, -0.15) is 5.10 Å². The number of rotatable bonds is 2. The second kappa shape index (κ2) is 4.85. The van der Waals surface area contributed by atoms with E-state index < -0.39 is 0 Å². The summed E-state index contributed by atoms with van der Waals surface area (Å²) >= 11 is 2.20. The monoisotopic (exact) mass is 348 g/mol. The summed E-state index contributed by atoms with van der Waals surface area (Å²) < 4.78 is 2.74. The molecule has 0 unspecified atom stereocenters. The maximum Gasteiger partial charge on any atom is 0.169 e. The van der Waals surface area contributed by atoms with E-state index in [4.69, 9.17) is 0 Å². The van der Waals surface area contributed by atoms with E-state index in [2.05, 4.69) is 49.8 Å². The fourth-order valence-electron chi connectivity index (χ4n) is 1.69. The van der Waals surface area contributed by atoms with Crippen LogP contribution in [0.5, 0.6) is 0 Å². The third kappa shape index (κ3) is 2.13. The van der Waals surface area contributed by atoms with Crippen molar-refractivity contribution in [2.24, 2.45) is 0 Å². The first-order valence-corrected chi connectivity index (χ1v) is 6.48. The Balaban J connectivity index is 2.03. The third-order valence-electron chi connectivity index (χ3n) is 2.55. The highest BCUT2D eigenvalue weighted by molar-refractivity contribution is 14.1. The topological polar surface area (TPSA) is 43.6 Å². The van der Waals surface area contributed by atoms with E-state index in [-0.39, 0.29) is 0 Å². The van der Waals surface area contributed by atoms with Crippen molar-refractivity contribution >= 4 is 22.6 Å². The van der Waals surface area contributed by atoms with Crippen LogP contribution in [0.15, 0.2) is 55.2 Å². The predicted octanol–water partition coefficient (Wildman–Crippen LogP) is 2.93. The molecule has 0 bridgehead atoms. The van der Waals surface area contributed by atoms with Crippen LogP contribution in [0.3, 0.4) is 0 Å². The molecule has 1 aromatic carbocycles. The van der Waals surface area contributed by atoms with Crippen molar-refractivity contribution in [3.63, 3.8) is 0 Å². The van der Waals surface area contributed by atoms with Gasteiger partial charge in [0.2, 0.25) is 0 Å². The average molecular weight is 348 g/mol. The molecule has 0 saturated carbocycles. The Bertz CT molecular complexity index is 664. The van der Waals surface area contributed by atoms with Crippen LogP contribution in [0.25, 0.3) is 16.9 Å². The lowest BCUT2D eigenvalue weighted by Crippen LogP contribution is -2.00. The molecule has 0 spiro atoms. The molecule has 0 aliphatic heterocycles. The molecule has 2 heterocycles. The van der Waals surface area contributed by atoms with E-state index in [1.807, 2.05) is 30.6 Å². The molecule has 18 heavy (non-hydrogen) atoms. The lowest BCUT2D eigenvalue weighted by Gasteiger charge is -2.01. The van der Waals surface area contributed by atoms with Gasteiger partial charge < -0.3 is 0 Å². The highest BCUT2D eigenvalue weighted by Crippen LogP contribution is 2.20. The van der Waals surface area contributed by atoms with Gasteiger partial charge in [-0.3, -0.25) is 0 Å². The van der Waals surface area contributed by atoms with Crippen LogP contribution in [0.4, 0.5) is 0 Å². The van der Waals surface area contributed by atoms with Crippen molar-refractivity contribution in [1.29, 1.82) is 0 Å². The van der Waals surface area contributed by atoms with Crippen LogP contribution in [0, 0.1) is 3.57 Å². The Kier molecular flexibility index (Phi) is 3.06. The minimum Gasteiger partial charge on any atom is -0.244 e. The summed E-state index contributed by atoms with van der Waals surface area (Å²) in [5, 5.41) is 4.35. The van der Waals surface area contributed by atoms with Gasteiger partial charge in [-0.25, -0.2) is 14.6 Å². The van der Waals surface area contributed by atoms with Crippen molar-refractivity contribution in [2.45, 2.75) is 0 Å². The highest BCUT2D eigenvalue weighted by Gasteiger charge is 2.06. The first-order chi connectivity index (χ1) is 8.84. The maximum absolute atomic E-state index is 4.35. The Morgan fingerprint density at radius 3 is 2.61 bits per heavy atom. The van der Waals surface area contributed by atoms with Crippen molar-refractivity contribution in [2.75, 3.05) is 0 Å². The van der Waals surface area contributed by atoms with Gasteiger partial charge in [0.1, 0.15) is 6.33 Å². The first kappa shape index (κ1) is 11.3. The lowest BCUT2D eigenvalue weighted by molar-refractivity contribution is 0.832. The molecule has 4 nitrogen and oxygen atoms in total. The molecular formula is C13H9IN4. The van der Waals surface area contributed by atoms with Gasteiger partial charge in [-0.05, 0) is 28.2 Å². The summed E-state index contributed by atoms with van der Waals surface area (Å²) in [6.07, 6.45) is 7.11. The van der Waals surface area contributed by atoms with Crippen LogP contribution in [-0.4, -0.2) is 19.7 Å². The highest BCUT2D eigenvalue weighted by atomic mass is 127. The standard InChI is InChI=1S/C13H9IN4/c14-12-7-15-9-16-13(12)18-8-11(6-17-18)10-4-2-1-3-5-10/h1-9H. The summed E-state index contributed by atoms with van der Waals surface area (Å²) in [6, 6.07) is 10.2. The number of halogens is 1. The molecule has 5 heteroatoms. The molecule has 0 amide bonds. The Hall–Kier alpha value is -1.76. The Morgan fingerprint density at radius 2 is 1.83 bits per heavy atom.